The fraction of sp³-hybridized carbons (Fsp3) is 0.115. The van der Waals surface area contributed by atoms with Crippen molar-refractivity contribution in [1.29, 1.82) is 0 Å². The first-order chi connectivity index (χ1) is 17.4. The first-order valence-corrected chi connectivity index (χ1v) is 12.2. The highest BCUT2D eigenvalue weighted by molar-refractivity contribution is 9.11. The van der Waals surface area contributed by atoms with E-state index in [0.717, 1.165) is 0 Å². The minimum Gasteiger partial charge on any atom is -0.493 e. The molecule has 0 unspecified atom stereocenters. The van der Waals surface area contributed by atoms with Crippen LogP contribution >= 0.6 is 31.9 Å². The van der Waals surface area contributed by atoms with Crippen LogP contribution in [-0.4, -0.2) is 38.4 Å². The van der Waals surface area contributed by atoms with Gasteiger partial charge in [0.25, 0.3) is 11.8 Å². The van der Waals surface area contributed by atoms with E-state index in [1.54, 1.807) is 48.5 Å². The molecule has 0 aliphatic rings. The molecule has 0 bridgehead atoms. The minimum atomic E-state index is -0.415. The molecule has 0 spiro atoms. The summed E-state index contributed by atoms with van der Waals surface area (Å²) in [7, 11) is 1.49. The van der Waals surface area contributed by atoms with Crippen LogP contribution in [0.1, 0.15) is 15.9 Å². The Morgan fingerprint density at radius 2 is 1.72 bits per heavy atom. The van der Waals surface area contributed by atoms with Gasteiger partial charge in [0.05, 0.1) is 22.3 Å². The summed E-state index contributed by atoms with van der Waals surface area (Å²) in [5.74, 6) is 0.694. The van der Waals surface area contributed by atoms with Gasteiger partial charge in [0.15, 0.2) is 18.1 Å². The van der Waals surface area contributed by atoms with Crippen LogP contribution in [-0.2, 0) is 4.79 Å². The molecule has 0 fully saturated rings. The second kappa shape index (κ2) is 13.5. The number of hydrazone groups is 1. The van der Waals surface area contributed by atoms with Crippen LogP contribution < -0.4 is 25.0 Å². The number of methoxy groups -OCH3 is 1. The smallest absolute Gasteiger partial charge is 0.271 e. The number of carbonyl (C=O) groups excluding carboxylic acids is 2. The highest BCUT2D eigenvalue weighted by Crippen LogP contribution is 2.34. The molecule has 10 heteroatoms. The lowest BCUT2D eigenvalue weighted by atomic mass is 10.2. The molecule has 0 saturated carbocycles. The Morgan fingerprint density at radius 3 is 2.39 bits per heavy atom. The van der Waals surface area contributed by atoms with Crippen molar-refractivity contribution in [2.75, 3.05) is 25.6 Å². The summed E-state index contributed by atoms with van der Waals surface area (Å²) in [6.45, 7) is 3.76. The molecular weight excluding hydrogens is 594 g/mol. The van der Waals surface area contributed by atoms with E-state index in [0.29, 0.717) is 49.6 Å². The summed E-state index contributed by atoms with van der Waals surface area (Å²) in [5.41, 5.74) is 4.21. The lowest BCUT2D eigenvalue weighted by Crippen LogP contribution is -2.20. The van der Waals surface area contributed by atoms with Gasteiger partial charge in [-0.25, -0.2) is 5.43 Å². The molecule has 3 aromatic carbocycles. The molecule has 2 amide bonds. The number of nitrogens with zero attached hydrogens (tertiary/aromatic N) is 1. The number of para-hydroxylation sites is 1. The van der Waals surface area contributed by atoms with Crippen LogP contribution in [0, 0.1) is 0 Å². The number of amides is 2. The lowest BCUT2D eigenvalue weighted by molar-refractivity contribution is -0.118. The van der Waals surface area contributed by atoms with Crippen LogP contribution in [0.5, 0.6) is 17.2 Å². The topological polar surface area (TPSA) is 98.3 Å². The predicted octanol–water partition coefficient (Wildman–Crippen LogP) is 5.57. The van der Waals surface area contributed by atoms with Gasteiger partial charge in [-0.05, 0) is 79.9 Å². The summed E-state index contributed by atoms with van der Waals surface area (Å²) in [6, 6.07) is 17.4. The molecule has 3 rings (SSSR count). The van der Waals surface area contributed by atoms with Gasteiger partial charge in [-0.1, -0.05) is 30.9 Å². The zero-order valence-corrected chi connectivity index (χ0v) is 22.5. The van der Waals surface area contributed by atoms with E-state index in [1.807, 2.05) is 18.2 Å². The molecule has 8 nitrogen and oxygen atoms in total. The van der Waals surface area contributed by atoms with Gasteiger partial charge in [-0.15, -0.1) is 0 Å². The van der Waals surface area contributed by atoms with Gasteiger partial charge < -0.3 is 19.5 Å². The number of benzene rings is 3. The van der Waals surface area contributed by atoms with Crippen molar-refractivity contribution in [2.24, 2.45) is 5.10 Å². The van der Waals surface area contributed by atoms with Crippen LogP contribution in [0.15, 0.2) is 87.4 Å². The zero-order chi connectivity index (χ0) is 25.9. The van der Waals surface area contributed by atoms with Crippen molar-refractivity contribution in [3.05, 3.63) is 93.4 Å². The second-order valence-electron chi connectivity index (χ2n) is 7.18. The van der Waals surface area contributed by atoms with Crippen LogP contribution in [0.3, 0.4) is 0 Å². The van der Waals surface area contributed by atoms with Crippen LogP contribution in [0.2, 0.25) is 0 Å². The maximum atomic E-state index is 12.5. The molecule has 2 N–H and O–H groups in total. The van der Waals surface area contributed by atoms with Crippen molar-refractivity contribution < 1.29 is 23.8 Å². The van der Waals surface area contributed by atoms with E-state index in [4.69, 9.17) is 14.2 Å². The van der Waals surface area contributed by atoms with Crippen molar-refractivity contribution in [2.45, 2.75) is 0 Å². The Balaban J connectivity index is 1.59. The van der Waals surface area contributed by atoms with Gasteiger partial charge in [-0.3, -0.25) is 9.59 Å². The Bertz CT molecular complexity index is 1240. The third-order valence-electron chi connectivity index (χ3n) is 4.59. The maximum Gasteiger partial charge on any atom is 0.271 e. The summed E-state index contributed by atoms with van der Waals surface area (Å²) < 4.78 is 17.7. The average Bonchev–Trinajstić information content (AvgIpc) is 2.87. The van der Waals surface area contributed by atoms with E-state index < -0.39 is 5.91 Å². The van der Waals surface area contributed by atoms with Crippen molar-refractivity contribution in [3.63, 3.8) is 0 Å². The monoisotopic (exact) mass is 615 g/mol. The second-order valence-corrected chi connectivity index (χ2v) is 8.89. The number of hydrogen-bond donors (Lipinski definition) is 2. The molecule has 0 saturated heterocycles. The van der Waals surface area contributed by atoms with Crippen molar-refractivity contribution in [3.8, 4) is 17.2 Å². The highest BCUT2D eigenvalue weighted by Gasteiger charge is 2.13. The van der Waals surface area contributed by atoms with Gasteiger partial charge in [0, 0.05) is 11.3 Å². The number of halogens is 2. The van der Waals surface area contributed by atoms with Crippen LogP contribution in [0.4, 0.5) is 5.69 Å². The zero-order valence-electron chi connectivity index (χ0n) is 19.3. The SMILES string of the molecule is C=CCOc1ccc(C(=O)N/N=C/c2cc(Br)c(OCC(=O)Nc3ccccc3)c(Br)c2)cc1OC. The van der Waals surface area contributed by atoms with Crippen molar-refractivity contribution >= 4 is 55.6 Å². The molecule has 0 atom stereocenters. The Kier molecular flexibility index (Phi) is 10.1. The van der Waals surface area contributed by atoms with Gasteiger partial charge in [-0.2, -0.15) is 5.10 Å². The normalized spacial score (nSPS) is 10.5. The largest absolute Gasteiger partial charge is 0.493 e. The minimum absolute atomic E-state index is 0.170. The fourth-order valence-electron chi connectivity index (χ4n) is 2.95. The highest BCUT2D eigenvalue weighted by atomic mass is 79.9. The quantitative estimate of drug-likeness (QED) is 0.167. The van der Waals surface area contributed by atoms with Gasteiger partial charge in [0.1, 0.15) is 12.4 Å². The third-order valence-corrected chi connectivity index (χ3v) is 5.77. The lowest BCUT2D eigenvalue weighted by Gasteiger charge is -2.11. The number of rotatable bonds is 11. The molecule has 0 aliphatic heterocycles. The number of hydrogen-bond acceptors (Lipinski definition) is 6. The van der Waals surface area contributed by atoms with E-state index >= 15 is 0 Å². The number of nitrogens with one attached hydrogen (secondary N) is 2. The van der Waals surface area contributed by atoms with Crippen molar-refractivity contribution in [1.82, 2.24) is 5.43 Å². The van der Waals surface area contributed by atoms with Crippen LogP contribution in [0.25, 0.3) is 0 Å². The summed E-state index contributed by atoms with van der Waals surface area (Å²) in [6.07, 6.45) is 3.10. The molecule has 36 heavy (non-hydrogen) atoms. The maximum absolute atomic E-state index is 12.5. The van der Waals surface area contributed by atoms with Gasteiger partial charge in [0.2, 0.25) is 0 Å². The summed E-state index contributed by atoms with van der Waals surface area (Å²) in [5, 5.41) is 6.78. The molecule has 0 aromatic heterocycles. The standard InChI is InChI=1S/C26H23Br2N3O5/c1-3-11-35-22-10-9-18(14-23(22)34-2)26(33)31-29-15-17-12-20(27)25(21(28)13-17)36-16-24(32)30-19-7-5-4-6-8-19/h3-10,12-15H,1,11,16H2,2H3,(H,30,32)(H,31,33)/b29-15+. The molecule has 0 aliphatic carbocycles. The summed E-state index contributed by atoms with van der Waals surface area (Å²) >= 11 is 6.89. The number of carbonyl (C=O) groups is 2. The summed E-state index contributed by atoms with van der Waals surface area (Å²) in [4.78, 5) is 24.6. The Labute approximate surface area is 225 Å². The third kappa shape index (κ3) is 7.69. The molecular formula is C26H23Br2N3O5. The van der Waals surface area contributed by atoms with E-state index in [-0.39, 0.29) is 12.5 Å². The predicted molar refractivity (Wildman–Crippen MR) is 146 cm³/mol. The molecule has 0 radical (unpaired) electrons. The number of anilines is 1. The van der Waals surface area contributed by atoms with E-state index in [9.17, 15) is 9.59 Å². The molecule has 3 aromatic rings. The molecule has 0 heterocycles. The Morgan fingerprint density at radius 1 is 1.00 bits per heavy atom. The first-order valence-electron chi connectivity index (χ1n) is 10.6. The first kappa shape index (κ1) is 27.0. The number of ether oxygens (including phenoxy) is 3. The molecule has 186 valence electrons. The Hall–Kier alpha value is -3.63. The van der Waals surface area contributed by atoms with E-state index in [1.165, 1.54) is 13.3 Å². The van der Waals surface area contributed by atoms with E-state index in [2.05, 4.69) is 54.3 Å². The van der Waals surface area contributed by atoms with Gasteiger partial charge >= 0.3 is 0 Å². The fourth-order valence-corrected chi connectivity index (χ4v) is 4.41. The average molecular weight is 617 g/mol.